The molecule has 1 aromatic heterocycles. The third-order valence-corrected chi connectivity index (χ3v) is 4.00. The average Bonchev–Trinajstić information content (AvgIpc) is 2.64. The largest absolute Gasteiger partial charge is 0.370 e. The van der Waals surface area contributed by atoms with Crippen molar-refractivity contribution < 1.29 is 4.79 Å². The molecule has 140 valence electrons. The van der Waals surface area contributed by atoms with E-state index in [9.17, 15) is 4.79 Å². The number of aromatic nitrogens is 2. The standard InChI is InChI=1S/C20H24N6O/c1-14-12-18(22-11-5-10-21-2)25-19(23-14)26-20(27)24-17-9-8-15-6-3-4-7-16(15)13-17/h3-4,6-9,12-13,21H,5,10-11H2,1-2H3,(H3,22,23,24,25,26,27). The van der Waals surface area contributed by atoms with Gasteiger partial charge in [-0.15, -0.1) is 0 Å². The summed E-state index contributed by atoms with van der Waals surface area (Å²) in [6.07, 6.45) is 0.977. The summed E-state index contributed by atoms with van der Waals surface area (Å²) in [6, 6.07) is 15.2. The second-order valence-electron chi connectivity index (χ2n) is 6.24. The Bertz CT molecular complexity index is 927. The molecule has 7 heteroatoms. The van der Waals surface area contributed by atoms with Crippen molar-refractivity contribution in [2.24, 2.45) is 0 Å². The molecular weight excluding hydrogens is 340 g/mol. The molecule has 2 amide bonds. The Morgan fingerprint density at radius 2 is 1.78 bits per heavy atom. The quantitative estimate of drug-likeness (QED) is 0.481. The number of carbonyl (C=O) groups is 1. The van der Waals surface area contributed by atoms with Gasteiger partial charge in [-0.1, -0.05) is 30.3 Å². The first kappa shape index (κ1) is 18.6. The summed E-state index contributed by atoms with van der Waals surface area (Å²) >= 11 is 0. The number of carbonyl (C=O) groups excluding carboxylic acids is 1. The Kier molecular flexibility index (Phi) is 6.17. The van der Waals surface area contributed by atoms with E-state index >= 15 is 0 Å². The van der Waals surface area contributed by atoms with Gasteiger partial charge in [0.15, 0.2) is 0 Å². The summed E-state index contributed by atoms with van der Waals surface area (Å²) in [7, 11) is 1.92. The first-order valence-electron chi connectivity index (χ1n) is 8.95. The van der Waals surface area contributed by atoms with E-state index in [0.29, 0.717) is 11.5 Å². The van der Waals surface area contributed by atoms with Crippen molar-refractivity contribution in [3.63, 3.8) is 0 Å². The number of amides is 2. The van der Waals surface area contributed by atoms with E-state index in [2.05, 4.69) is 31.2 Å². The Morgan fingerprint density at radius 3 is 2.59 bits per heavy atom. The van der Waals surface area contributed by atoms with Gasteiger partial charge in [-0.05, 0) is 49.8 Å². The zero-order chi connectivity index (χ0) is 19.1. The van der Waals surface area contributed by atoms with Crippen LogP contribution in [-0.4, -0.2) is 36.1 Å². The summed E-state index contributed by atoms with van der Waals surface area (Å²) < 4.78 is 0. The smallest absolute Gasteiger partial charge is 0.326 e. The van der Waals surface area contributed by atoms with Gasteiger partial charge in [-0.3, -0.25) is 5.32 Å². The predicted molar refractivity (Wildman–Crippen MR) is 110 cm³/mol. The number of nitrogens with zero attached hydrogens (tertiary/aromatic N) is 2. The topological polar surface area (TPSA) is 91.0 Å². The van der Waals surface area contributed by atoms with Crippen LogP contribution in [0, 0.1) is 6.92 Å². The van der Waals surface area contributed by atoms with Crippen LogP contribution in [0.3, 0.4) is 0 Å². The van der Waals surface area contributed by atoms with Gasteiger partial charge in [-0.2, -0.15) is 4.98 Å². The summed E-state index contributed by atoms with van der Waals surface area (Å²) in [6.45, 7) is 3.59. The van der Waals surface area contributed by atoms with Crippen molar-refractivity contribution in [2.75, 3.05) is 36.1 Å². The van der Waals surface area contributed by atoms with Crippen LogP contribution < -0.4 is 21.3 Å². The monoisotopic (exact) mass is 364 g/mol. The number of anilines is 3. The van der Waals surface area contributed by atoms with Crippen LogP contribution in [0.4, 0.5) is 22.2 Å². The Morgan fingerprint density at radius 1 is 0.963 bits per heavy atom. The SMILES string of the molecule is CNCCCNc1cc(C)nc(NC(=O)Nc2ccc3ccccc3c2)n1. The molecule has 0 radical (unpaired) electrons. The molecular formula is C20H24N6O. The first-order chi connectivity index (χ1) is 13.1. The molecule has 2 aromatic carbocycles. The Labute approximate surface area is 158 Å². The Hall–Kier alpha value is -3.19. The first-order valence-corrected chi connectivity index (χ1v) is 8.95. The molecule has 3 rings (SSSR count). The maximum Gasteiger partial charge on any atom is 0.326 e. The fraction of sp³-hybridized carbons (Fsp3) is 0.250. The number of rotatable bonds is 7. The zero-order valence-electron chi connectivity index (χ0n) is 15.5. The van der Waals surface area contributed by atoms with Crippen LogP contribution in [-0.2, 0) is 0 Å². The van der Waals surface area contributed by atoms with Gasteiger partial charge in [0.1, 0.15) is 5.82 Å². The number of hydrogen-bond acceptors (Lipinski definition) is 5. The third-order valence-electron chi connectivity index (χ3n) is 4.00. The molecule has 0 aliphatic rings. The van der Waals surface area contributed by atoms with Crippen molar-refractivity contribution in [1.82, 2.24) is 15.3 Å². The maximum absolute atomic E-state index is 12.3. The molecule has 0 atom stereocenters. The summed E-state index contributed by atoms with van der Waals surface area (Å²) in [5, 5.41) is 14.0. The van der Waals surface area contributed by atoms with E-state index in [1.165, 1.54) is 0 Å². The molecule has 0 bridgehead atoms. The van der Waals surface area contributed by atoms with Crippen molar-refractivity contribution >= 4 is 34.3 Å². The molecule has 0 aliphatic carbocycles. The Balaban J connectivity index is 1.63. The van der Waals surface area contributed by atoms with Crippen molar-refractivity contribution in [3.05, 3.63) is 54.2 Å². The molecule has 0 saturated heterocycles. The highest BCUT2D eigenvalue weighted by Crippen LogP contribution is 2.19. The number of nitrogens with one attached hydrogen (secondary N) is 4. The van der Waals surface area contributed by atoms with E-state index in [4.69, 9.17) is 0 Å². The molecule has 0 saturated carbocycles. The van der Waals surface area contributed by atoms with Gasteiger partial charge in [0, 0.05) is 24.0 Å². The molecule has 7 nitrogen and oxygen atoms in total. The lowest BCUT2D eigenvalue weighted by molar-refractivity contribution is 0.262. The second kappa shape index (κ2) is 8.95. The van der Waals surface area contributed by atoms with Crippen LogP contribution in [0.15, 0.2) is 48.5 Å². The van der Waals surface area contributed by atoms with Gasteiger partial charge in [-0.25, -0.2) is 9.78 Å². The minimum atomic E-state index is -0.378. The highest BCUT2D eigenvalue weighted by atomic mass is 16.2. The molecule has 4 N–H and O–H groups in total. The number of urea groups is 1. The van der Waals surface area contributed by atoms with E-state index in [1.807, 2.05) is 62.5 Å². The lowest BCUT2D eigenvalue weighted by Crippen LogP contribution is -2.21. The summed E-state index contributed by atoms with van der Waals surface area (Å²) in [5.74, 6) is 0.962. The second-order valence-corrected chi connectivity index (χ2v) is 6.24. The van der Waals surface area contributed by atoms with Crippen LogP contribution in [0.5, 0.6) is 0 Å². The van der Waals surface area contributed by atoms with Gasteiger partial charge in [0.05, 0.1) is 0 Å². The minimum Gasteiger partial charge on any atom is -0.370 e. The van der Waals surface area contributed by atoms with E-state index < -0.39 is 0 Å². The number of fused-ring (bicyclic) bond motifs is 1. The number of benzene rings is 2. The molecule has 0 aliphatic heterocycles. The van der Waals surface area contributed by atoms with E-state index in [0.717, 1.165) is 36.0 Å². The van der Waals surface area contributed by atoms with Gasteiger partial charge in [0.2, 0.25) is 5.95 Å². The molecule has 1 heterocycles. The van der Waals surface area contributed by atoms with Gasteiger partial charge in [0.25, 0.3) is 0 Å². The van der Waals surface area contributed by atoms with Gasteiger partial charge < -0.3 is 16.0 Å². The minimum absolute atomic E-state index is 0.268. The van der Waals surface area contributed by atoms with Crippen molar-refractivity contribution in [1.29, 1.82) is 0 Å². The third kappa shape index (κ3) is 5.39. The molecule has 0 fully saturated rings. The summed E-state index contributed by atoms with van der Waals surface area (Å²) in [5.41, 5.74) is 1.49. The fourth-order valence-electron chi connectivity index (χ4n) is 2.73. The normalized spacial score (nSPS) is 10.6. The van der Waals surface area contributed by atoms with E-state index in [1.54, 1.807) is 0 Å². The zero-order valence-corrected chi connectivity index (χ0v) is 15.5. The van der Waals surface area contributed by atoms with Crippen LogP contribution in [0.25, 0.3) is 10.8 Å². The van der Waals surface area contributed by atoms with Crippen molar-refractivity contribution in [2.45, 2.75) is 13.3 Å². The number of hydrogen-bond donors (Lipinski definition) is 4. The maximum atomic E-state index is 12.3. The lowest BCUT2D eigenvalue weighted by Gasteiger charge is -2.10. The van der Waals surface area contributed by atoms with Crippen LogP contribution in [0.2, 0.25) is 0 Å². The average molecular weight is 364 g/mol. The molecule has 27 heavy (non-hydrogen) atoms. The summed E-state index contributed by atoms with van der Waals surface area (Å²) in [4.78, 5) is 20.9. The van der Waals surface area contributed by atoms with Crippen LogP contribution in [0.1, 0.15) is 12.1 Å². The molecule has 0 unspecified atom stereocenters. The van der Waals surface area contributed by atoms with E-state index in [-0.39, 0.29) is 12.0 Å². The number of aryl methyl sites for hydroxylation is 1. The lowest BCUT2D eigenvalue weighted by atomic mass is 10.1. The van der Waals surface area contributed by atoms with Crippen molar-refractivity contribution in [3.8, 4) is 0 Å². The highest BCUT2D eigenvalue weighted by Gasteiger charge is 2.08. The molecule has 0 spiro atoms. The van der Waals surface area contributed by atoms with Crippen LogP contribution >= 0.6 is 0 Å². The fourth-order valence-corrected chi connectivity index (χ4v) is 2.73. The highest BCUT2D eigenvalue weighted by molar-refractivity contribution is 6.00. The van der Waals surface area contributed by atoms with Gasteiger partial charge >= 0.3 is 6.03 Å². The molecule has 3 aromatic rings. The predicted octanol–water partition coefficient (Wildman–Crippen LogP) is 3.60.